The molecule has 0 bridgehead atoms. The van der Waals surface area contributed by atoms with Gasteiger partial charge >= 0.3 is 0 Å². The summed E-state index contributed by atoms with van der Waals surface area (Å²) in [5, 5.41) is 0. The van der Waals surface area contributed by atoms with Crippen LogP contribution in [0, 0.1) is 0 Å². The van der Waals surface area contributed by atoms with E-state index in [0.717, 1.165) is 30.4 Å². The summed E-state index contributed by atoms with van der Waals surface area (Å²) in [6.45, 7) is 11.6. The molecule has 0 amide bonds. The lowest BCUT2D eigenvalue weighted by atomic mass is 9.74. The van der Waals surface area contributed by atoms with Crippen molar-refractivity contribution in [3.8, 4) is 0 Å². The predicted molar refractivity (Wildman–Crippen MR) is 108 cm³/mol. The van der Waals surface area contributed by atoms with E-state index in [-0.39, 0.29) is 5.54 Å². The summed E-state index contributed by atoms with van der Waals surface area (Å²) in [4.78, 5) is 10.5. The zero-order valence-corrected chi connectivity index (χ0v) is 16.4. The molecule has 1 saturated heterocycles. The smallest absolute Gasteiger partial charge is 0.101 e. The molecule has 2 heterocycles. The molecule has 0 aliphatic carbocycles. The maximum Gasteiger partial charge on any atom is 0.101 e. The summed E-state index contributed by atoms with van der Waals surface area (Å²) in [5.74, 6) is 0. The summed E-state index contributed by atoms with van der Waals surface area (Å²) >= 11 is 6.13. The number of benzene rings is 1. The van der Waals surface area contributed by atoms with Gasteiger partial charge in [-0.1, -0.05) is 55.5 Å². The van der Waals surface area contributed by atoms with E-state index in [2.05, 4.69) is 80.0 Å². The lowest BCUT2D eigenvalue weighted by molar-refractivity contribution is 0.0857. The van der Waals surface area contributed by atoms with Gasteiger partial charge in [-0.05, 0) is 45.0 Å². The van der Waals surface area contributed by atoms with Crippen LogP contribution in [0.15, 0.2) is 54.7 Å². The van der Waals surface area contributed by atoms with Crippen LogP contribution < -0.4 is 0 Å². The minimum Gasteiger partial charge on any atom is -0.347 e. The fourth-order valence-electron chi connectivity index (χ4n) is 3.57. The Hall–Kier alpha value is -1.78. The van der Waals surface area contributed by atoms with Crippen molar-refractivity contribution in [3.63, 3.8) is 0 Å². The summed E-state index contributed by atoms with van der Waals surface area (Å²) in [7, 11) is 0. The van der Waals surface area contributed by atoms with Crippen molar-refractivity contribution in [3.05, 3.63) is 66.0 Å². The van der Waals surface area contributed by atoms with E-state index in [9.17, 15) is 0 Å². The molecule has 4 heteroatoms. The van der Waals surface area contributed by atoms with Crippen LogP contribution in [0.4, 0.5) is 0 Å². The van der Waals surface area contributed by atoms with Crippen molar-refractivity contribution >= 4 is 17.2 Å². The molecule has 0 spiro atoms. The second kappa shape index (κ2) is 6.85. The number of likely N-dealkylation sites (N-methyl/N-ethyl adjacent to an activating group) is 1. The van der Waals surface area contributed by atoms with Crippen molar-refractivity contribution in [2.45, 2.75) is 38.6 Å². The molecule has 1 aromatic carbocycles. The molecule has 3 rings (SSSR count). The summed E-state index contributed by atoms with van der Waals surface area (Å²) in [6.07, 6.45) is 1.87. The highest BCUT2D eigenvalue weighted by molar-refractivity contribution is 7.80. The SMILES string of the molecule is CCN1CN(C(C)(C)C)C(=S)C(c2ccccc2)(c2ccccn2)C1. The van der Waals surface area contributed by atoms with Gasteiger partial charge in [0.15, 0.2) is 0 Å². The second-order valence-electron chi connectivity index (χ2n) is 7.68. The van der Waals surface area contributed by atoms with Crippen molar-refractivity contribution in [2.24, 2.45) is 0 Å². The summed E-state index contributed by atoms with van der Waals surface area (Å²) in [6, 6.07) is 16.7. The van der Waals surface area contributed by atoms with Gasteiger partial charge in [-0.2, -0.15) is 0 Å². The van der Waals surface area contributed by atoms with E-state index in [0.29, 0.717) is 0 Å². The molecule has 1 unspecified atom stereocenters. The van der Waals surface area contributed by atoms with Gasteiger partial charge in [0, 0.05) is 18.3 Å². The largest absolute Gasteiger partial charge is 0.347 e. The van der Waals surface area contributed by atoms with E-state index < -0.39 is 5.41 Å². The molecule has 0 N–H and O–H groups in total. The number of hydrogen-bond donors (Lipinski definition) is 0. The van der Waals surface area contributed by atoms with E-state index >= 15 is 0 Å². The van der Waals surface area contributed by atoms with Gasteiger partial charge in [0.25, 0.3) is 0 Å². The Kier molecular flexibility index (Phi) is 4.94. The highest BCUT2D eigenvalue weighted by Gasteiger charge is 2.49. The van der Waals surface area contributed by atoms with E-state index in [4.69, 9.17) is 17.2 Å². The average molecular weight is 354 g/mol. The van der Waals surface area contributed by atoms with E-state index in [1.54, 1.807) is 0 Å². The number of aromatic nitrogens is 1. The van der Waals surface area contributed by atoms with Crippen LogP contribution in [0.2, 0.25) is 0 Å². The van der Waals surface area contributed by atoms with Gasteiger partial charge in [0.2, 0.25) is 0 Å². The molecule has 0 saturated carbocycles. The third-order valence-corrected chi connectivity index (χ3v) is 5.61. The number of nitrogens with zero attached hydrogens (tertiary/aromatic N) is 3. The predicted octanol–water partition coefficient (Wildman–Crippen LogP) is 4.09. The monoisotopic (exact) mass is 353 g/mol. The van der Waals surface area contributed by atoms with Gasteiger partial charge in [-0.25, -0.2) is 0 Å². The van der Waals surface area contributed by atoms with Gasteiger partial charge in [-0.3, -0.25) is 9.88 Å². The Morgan fingerprint density at radius 2 is 1.76 bits per heavy atom. The van der Waals surface area contributed by atoms with Crippen LogP contribution in [0.25, 0.3) is 0 Å². The minimum absolute atomic E-state index is 0.0419. The highest BCUT2D eigenvalue weighted by Crippen LogP contribution is 2.40. The molecule has 3 nitrogen and oxygen atoms in total. The Morgan fingerprint density at radius 3 is 2.32 bits per heavy atom. The molecule has 132 valence electrons. The standard InChI is InChI=1S/C21H27N3S/c1-5-23-15-21(17-11-7-6-8-12-17,18-13-9-10-14-22-18)19(25)24(16-23)20(2,3)4/h6-14H,5,15-16H2,1-4H3. The van der Waals surface area contributed by atoms with Crippen LogP contribution in [-0.4, -0.2) is 45.1 Å². The van der Waals surface area contributed by atoms with Crippen LogP contribution in [0.5, 0.6) is 0 Å². The van der Waals surface area contributed by atoms with Crippen LogP contribution in [-0.2, 0) is 5.41 Å². The molecule has 2 aromatic rings. The molecular formula is C21H27N3S. The van der Waals surface area contributed by atoms with E-state index in [1.165, 1.54) is 5.56 Å². The fraction of sp³-hybridized carbons (Fsp3) is 0.429. The van der Waals surface area contributed by atoms with E-state index in [1.807, 2.05) is 12.3 Å². The quantitative estimate of drug-likeness (QED) is 0.774. The van der Waals surface area contributed by atoms with Crippen LogP contribution >= 0.6 is 12.2 Å². The molecule has 1 aliphatic heterocycles. The lowest BCUT2D eigenvalue weighted by Crippen LogP contribution is -2.65. The number of thiocarbonyl (C=S) groups is 1. The average Bonchev–Trinajstić information content (AvgIpc) is 2.62. The number of pyridine rings is 1. The normalized spacial score (nSPS) is 22.2. The maximum atomic E-state index is 6.13. The Balaban J connectivity index is 2.24. The zero-order valence-electron chi connectivity index (χ0n) is 15.6. The first-order chi connectivity index (χ1) is 11.9. The summed E-state index contributed by atoms with van der Waals surface area (Å²) in [5.41, 5.74) is 1.80. The molecule has 1 aliphatic rings. The molecule has 1 fully saturated rings. The van der Waals surface area contributed by atoms with Crippen molar-refractivity contribution in [1.29, 1.82) is 0 Å². The second-order valence-corrected chi connectivity index (χ2v) is 8.06. The van der Waals surface area contributed by atoms with Gasteiger partial charge < -0.3 is 4.90 Å². The topological polar surface area (TPSA) is 19.4 Å². The Morgan fingerprint density at radius 1 is 1.08 bits per heavy atom. The molecule has 1 atom stereocenters. The van der Waals surface area contributed by atoms with Crippen molar-refractivity contribution < 1.29 is 0 Å². The molecule has 0 radical (unpaired) electrons. The summed E-state index contributed by atoms with van der Waals surface area (Å²) < 4.78 is 0. The molecule has 1 aromatic heterocycles. The highest BCUT2D eigenvalue weighted by atomic mass is 32.1. The first-order valence-corrected chi connectivity index (χ1v) is 9.32. The van der Waals surface area contributed by atoms with Gasteiger partial charge in [-0.15, -0.1) is 0 Å². The van der Waals surface area contributed by atoms with Crippen LogP contribution in [0.1, 0.15) is 39.0 Å². The van der Waals surface area contributed by atoms with Gasteiger partial charge in [0.05, 0.1) is 17.4 Å². The first-order valence-electron chi connectivity index (χ1n) is 8.91. The van der Waals surface area contributed by atoms with Crippen molar-refractivity contribution in [1.82, 2.24) is 14.8 Å². The number of hydrogen-bond acceptors (Lipinski definition) is 3. The lowest BCUT2D eigenvalue weighted by Gasteiger charge is -2.53. The zero-order chi connectivity index (χ0) is 18.1. The molecular weight excluding hydrogens is 326 g/mol. The van der Waals surface area contributed by atoms with Crippen molar-refractivity contribution in [2.75, 3.05) is 19.8 Å². The fourth-order valence-corrected chi connectivity index (χ4v) is 4.19. The number of rotatable bonds is 3. The third-order valence-electron chi connectivity index (χ3n) is 5.04. The Labute approximate surface area is 156 Å². The third kappa shape index (κ3) is 3.21. The minimum atomic E-state index is -0.403. The van der Waals surface area contributed by atoms with Crippen LogP contribution in [0.3, 0.4) is 0 Å². The van der Waals surface area contributed by atoms with Gasteiger partial charge in [0.1, 0.15) is 5.41 Å². The molecule has 25 heavy (non-hydrogen) atoms. The first kappa shape index (κ1) is 18.0. The maximum absolute atomic E-state index is 6.13. The Bertz CT molecular complexity index is 682.